The smallest absolute Gasteiger partial charge is 0.255 e. The highest BCUT2D eigenvalue weighted by Crippen LogP contribution is 2.21. The molecule has 2 aromatic rings. The van der Waals surface area contributed by atoms with Crippen LogP contribution in [-0.2, 0) is 0 Å². The van der Waals surface area contributed by atoms with Gasteiger partial charge in [-0.2, -0.15) is 0 Å². The quantitative estimate of drug-likeness (QED) is 0.871. The number of primary amides is 1. The molecule has 17 heavy (non-hydrogen) atoms. The first-order valence-electron chi connectivity index (χ1n) is 4.70. The molecule has 0 atom stereocenters. The molecule has 0 fully saturated rings. The molecule has 0 unspecified atom stereocenters. The number of aromatic nitrogens is 2. The summed E-state index contributed by atoms with van der Waals surface area (Å²) >= 11 is 0. The van der Waals surface area contributed by atoms with Crippen LogP contribution >= 0.6 is 0 Å². The third-order valence-electron chi connectivity index (χ3n) is 1.97. The maximum Gasteiger partial charge on any atom is 0.255 e. The third kappa shape index (κ3) is 2.54. The normalized spacial score (nSPS) is 9.94. The molecule has 2 rings (SSSR count). The molecule has 0 saturated heterocycles. The second-order valence-corrected chi connectivity index (χ2v) is 3.16. The van der Waals surface area contributed by atoms with Gasteiger partial charge in [0.25, 0.3) is 5.91 Å². The molecule has 0 aliphatic heterocycles. The lowest BCUT2D eigenvalue weighted by Gasteiger charge is -2.06. The Hall–Kier alpha value is -2.50. The molecule has 0 saturated carbocycles. The predicted molar refractivity (Wildman–Crippen MR) is 57.0 cm³/mol. The lowest BCUT2D eigenvalue weighted by Crippen LogP contribution is -2.13. The second-order valence-electron chi connectivity index (χ2n) is 3.16. The van der Waals surface area contributed by atoms with Gasteiger partial charge >= 0.3 is 0 Å². The van der Waals surface area contributed by atoms with E-state index in [0.717, 1.165) is 0 Å². The molecule has 1 aromatic carbocycles. The summed E-state index contributed by atoms with van der Waals surface area (Å²) in [5, 5.41) is 0. The Kier molecular flexibility index (Phi) is 2.95. The zero-order chi connectivity index (χ0) is 12.3. The van der Waals surface area contributed by atoms with E-state index in [1.54, 1.807) is 0 Å². The summed E-state index contributed by atoms with van der Waals surface area (Å²) < 4.78 is 18.0. The van der Waals surface area contributed by atoms with Crippen LogP contribution in [0.3, 0.4) is 0 Å². The van der Waals surface area contributed by atoms with Gasteiger partial charge in [-0.1, -0.05) is 0 Å². The van der Waals surface area contributed by atoms with Crippen LogP contribution in [-0.4, -0.2) is 15.9 Å². The molecule has 0 spiro atoms. The summed E-state index contributed by atoms with van der Waals surface area (Å²) in [4.78, 5) is 18.5. The molecule has 0 radical (unpaired) electrons. The van der Waals surface area contributed by atoms with Gasteiger partial charge in [-0.3, -0.25) is 4.79 Å². The zero-order valence-corrected chi connectivity index (χ0v) is 8.63. The van der Waals surface area contributed by atoms with Crippen molar-refractivity contribution in [2.24, 2.45) is 5.73 Å². The van der Waals surface area contributed by atoms with Crippen molar-refractivity contribution >= 4 is 5.91 Å². The van der Waals surface area contributed by atoms with Crippen LogP contribution in [0.5, 0.6) is 11.6 Å². The molecule has 1 amide bonds. The van der Waals surface area contributed by atoms with Gasteiger partial charge in [-0.05, 0) is 24.3 Å². The number of hydrogen-bond donors (Lipinski definition) is 1. The summed E-state index contributed by atoms with van der Waals surface area (Å²) in [6, 6.07) is 5.31. The van der Waals surface area contributed by atoms with E-state index in [-0.39, 0.29) is 17.3 Å². The predicted octanol–water partition coefficient (Wildman–Crippen LogP) is 1.51. The maximum atomic E-state index is 12.7. The van der Waals surface area contributed by atoms with E-state index in [9.17, 15) is 9.18 Å². The maximum absolute atomic E-state index is 12.7. The Bertz CT molecular complexity index is 543. The summed E-state index contributed by atoms with van der Waals surface area (Å²) in [6.45, 7) is 0. The van der Waals surface area contributed by atoms with E-state index in [4.69, 9.17) is 10.5 Å². The van der Waals surface area contributed by atoms with Gasteiger partial charge < -0.3 is 10.5 Å². The van der Waals surface area contributed by atoms with Gasteiger partial charge in [0.05, 0.1) is 0 Å². The minimum atomic E-state index is -0.692. The van der Waals surface area contributed by atoms with Crippen LogP contribution in [0.2, 0.25) is 0 Å². The third-order valence-corrected chi connectivity index (χ3v) is 1.97. The highest BCUT2D eigenvalue weighted by molar-refractivity contribution is 5.94. The number of ether oxygens (including phenoxy) is 1. The number of carbonyl (C=O) groups is 1. The summed E-state index contributed by atoms with van der Waals surface area (Å²) in [5.41, 5.74) is 5.20. The van der Waals surface area contributed by atoms with Crippen LogP contribution in [0.15, 0.2) is 36.8 Å². The van der Waals surface area contributed by atoms with Gasteiger partial charge in [0.1, 0.15) is 23.5 Å². The van der Waals surface area contributed by atoms with Crippen molar-refractivity contribution in [2.75, 3.05) is 0 Å². The minimum Gasteiger partial charge on any atom is -0.438 e. The zero-order valence-electron chi connectivity index (χ0n) is 8.63. The molecule has 5 nitrogen and oxygen atoms in total. The van der Waals surface area contributed by atoms with Crippen LogP contribution < -0.4 is 10.5 Å². The van der Waals surface area contributed by atoms with E-state index in [1.165, 1.54) is 36.8 Å². The number of benzene rings is 1. The number of rotatable bonds is 3. The first kappa shape index (κ1) is 11.0. The summed E-state index contributed by atoms with van der Waals surface area (Å²) in [5.74, 6) is -0.676. The molecule has 0 aliphatic rings. The highest BCUT2D eigenvalue weighted by atomic mass is 19.1. The Balaban J connectivity index is 2.30. The molecule has 2 N–H and O–H groups in total. The standard InChI is InChI=1S/C11H8FN3O2/c12-7-1-3-8(4-2-7)17-11-9(10(13)16)5-14-6-15-11/h1-6H,(H2,13,16). The van der Waals surface area contributed by atoms with Crippen molar-refractivity contribution in [3.63, 3.8) is 0 Å². The first-order chi connectivity index (χ1) is 8.16. The number of halogens is 1. The fourth-order valence-electron chi connectivity index (χ4n) is 1.18. The van der Waals surface area contributed by atoms with Gasteiger partial charge in [0.2, 0.25) is 5.88 Å². The molecule has 6 heteroatoms. The molecule has 1 heterocycles. The number of amides is 1. The summed E-state index contributed by atoms with van der Waals surface area (Å²) in [7, 11) is 0. The molecule has 0 bridgehead atoms. The lowest BCUT2D eigenvalue weighted by molar-refractivity contribution is 0.0997. The van der Waals surface area contributed by atoms with Crippen molar-refractivity contribution in [3.8, 4) is 11.6 Å². The number of hydrogen-bond acceptors (Lipinski definition) is 4. The Labute approximate surface area is 96.1 Å². The highest BCUT2D eigenvalue weighted by Gasteiger charge is 2.11. The number of nitrogens with two attached hydrogens (primary N) is 1. The molecule has 0 aliphatic carbocycles. The number of nitrogens with zero attached hydrogens (tertiary/aromatic N) is 2. The van der Waals surface area contributed by atoms with Crippen molar-refractivity contribution in [2.45, 2.75) is 0 Å². The van der Waals surface area contributed by atoms with Crippen molar-refractivity contribution in [1.82, 2.24) is 9.97 Å². The van der Waals surface area contributed by atoms with Gasteiger partial charge in [-0.15, -0.1) is 0 Å². The van der Waals surface area contributed by atoms with Crippen molar-refractivity contribution in [3.05, 3.63) is 48.2 Å². The van der Waals surface area contributed by atoms with E-state index in [2.05, 4.69) is 9.97 Å². The minimum absolute atomic E-state index is 0.0408. The van der Waals surface area contributed by atoms with Crippen molar-refractivity contribution in [1.29, 1.82) is 0 Å². The van der Waals surface area contributed by atoms with E-state index >= 15 is 0 Å². The van der Waals surface area contributed by atoms with Crippen LogP contribution in [0.25, 0.3) is 0 Å². The second kappa shape index (κ2) is 4.56. The molecule has 1 aromatic heterocycles. The van der Waals surface area contributed by atoms with E-state index in [1.807, 2.05) is 0 Å². The largest absolute Gasteiger partial charge is 0.438 e. The lowest BCUT2D eigenvalue weighted by atomic mass is 10.3. The monoisotopic (exact) mass is 233 g/mol. The van der Waals surface area contributed by atoms with Crippen LogP contribution in [0.4, 0.5) is 4.39 Å². The first-order valence-corrected chi connectivity index (χ1v) is 4.70. The van der Waals surface area contributed by atoms with Crippen LogP contribution in [0, 0.1) is 5.82 Å². The average Bonchev–Trinajstić information content (AvgIpc) is 2.32. The summed E-state index contributed by atoms with van der Waals surface area (Å²) in [6.07, 6.45) is 2.49. The average molecular weight is 233 g/mol. The molecular weight excluding hydrogens is 225 g/mol. The fraction of sp³-hybridized carbons (Fsp3) is 0. The van der Waals surface area contributed by atoms with E-state index in [0.29, 0.717) is 5.75 Å². The fourth-order valence-corrected chi connectivity index (χ4v) is 1.18. The van der Waals surface area contributed by atoms with Gasteiger partial charge in [-0.25, -0.2) is 14.4 Å². The molecular formula is C11H8FN3O2. The molecule has 86 valence electrons. The SMILES string of the molecule is NC(=O)c1cncnc1Oc1ccc(F)cc1. The topological polar surface area (TPSA) is 78.1 Å². The number of carbonyl (C=O) groups excluding carboxylic acids is 1. The Morgan fingerprint density at radius 2 is 2.00 bits per heavy atom. The van der Waals surface area contributed by atoms with E-state index < -0.39 is 5.91 Å². The Morgan fingerprint density at radius 3 is 2.65 bits per heavy atom. The van der Waals surface area contributed by atoms with Gasteiger partial charge in [0.15, 0.2) is 0 Å². The Morgan fingerprint density at radius 1 is 1.29 bits per heavy atom. The van der Waals surface area contributed by atoms with Gasteiger partial charge in [0, 0.05) is 6.20 Å². The van der Waals surface area contributed by atoms with Crippen molar-refractivity contribution < 1.29 is 13.9 Å². The van der Waals surface area contributed by atoms with Crippen LogP contribution in [0.1, 0.15) is 10.4 Å².